The smallest absolute Gasteiger partial charge is 0.00103 e. The maximum atomic E-state index is 3.45. The van der Waals surface area contributed by atoms with Crippen molar-refractivity contribution in [1.82, 2.24) is 5.32 Å². The van der Waals surface area contributed by atoms with E-state index in [4.69, 9.17) is 0 Å². The maximum Gasteiger partial charge on any atom is 0.00103 e. The predicted molar refractivity (Wildman–Crippen MR) is 76.4 cm³/mol. The lowest BCUT2D eigenvalue weighted by molar-refractivity contribution is 0.570. The van der Waals surface area contributed by atoms with Crippen LogP contribution in [0.2, 0.25) is 0 Å². The summed E-state index contributed by atoms with van der Waals surface area (Å²) in [6.07, 6.45) is 3.60. The Morgan fingerprint density at radius 1 is 0.941 bits per heavy atom. The van der Waals surface area contributed by atoms with E-state index in [0.717, 1.165) is 12.5 Å². The first-order valence-electron chi connectivity index (χ1n) is 6.89. The van der Waals surface area contributed by atoms with Gasteiger partial charge in [-0.05, 0) is 42.9 Å². The first-order valence-corrected chi connectivity index (χ1v) is 6.89. The Bertz CT molecular complexity index is 298. The molecule has 0 spiro atoms. The van der Waals surface area contributed by atoms with E-state index >= 15 is 0 Å². The van der Waals surface area contributed by atoms with Gasteiger partial charge in [0.15, 0.2) is 0 Å². The van der Waals surface area contributed by atoms with Crippen LogP contribution in [0.1, 0.15) is 45.2 Å². The van der Waals surface area contributed by atoms with Crippen LogP contribution in [0.3, 0.4) is 0 Å². The molecule has 0 amide bonds. The molecule has 0 radical (unpaired) electrons. The van der Waals surface area contributed by atoms with Crippen molar-refractivity contribution >= 4 is 0 Å². The molecule has 0 heterocycles. The van der Waals surface area contributed by atoms with E-state index in [1.165, 1.54) is 30.4 Å². The van der Waals surface area contributed by atoms with E-state index in [1.807, 2.05) is 0 Å². The molecule has 1 aromatic rings. The Labute approximate surface area is 107 Å². The summed E-state index contributed by atoms with van der Waals surface area (Å²) in [5.74, 6) is 0.746. The summed E-state index contributed by atoms with van der Waals surface area (Å²) in [5, 5.41) is 3.45. The zero-order valence-corrected chi connectivity index (χ0v) is 11.8. The largest absolute Gasteiger partial charge is 0.315 e. The summed E-state index contributed by atoms with van der Waals surface area (Å²) < 4.78 is 0. The van der Waals surface area contributed by atoms with Gasteiger partial charge in [-0.1, -0.05) is 52.0 Å². The molecule has 0 aliphatic carbocycles. The lowest BCUT2D eigenvalue weighted by Crippen LogP contribution is -2.23. The fraction of sp³-hybridized carbons (Fsp3) is 0.625. The van der Waals surface area contributed by atoms with Gasteiger partial charge in [0.2, 0.25) is 0 Å². The van der Waals surface area contributed by atoms with Crippen LogP contribution in [-0.4, -0.2) is 12.6 Å². The minimum atomic E-state index is 0.600. The minimum Gasteiger partial charge on any atom is -0.315 e. The van der Waals surface area contributed by atoms with Crippen LogP contribution in [0.25, 0.3) is 0 Å². The predicted octanol–water partition coefficient (Wildman–Crippen LogP) is 3.82. The van der Waals surface area contributed by atoms with Gasteiger partial charge in [-0.25, -0.2) is 0 Å². The van der Waals surface area contributed by atoms with Crippen molar-refractivity contribution in [2.75, 3.05) is 6.54 Å². The van der Waals surface area contributed by atoms with Crippen molar-refractivity contribution in [2.24, 2.45) is 5.92 Å². The Hall–Kier alpha value is -0.820. The molecule has 0 fully saturated rings. The molecule has 1 N–H and O–H groups in total. The standard InChI is InChI=1S/C16H27N/c1-13(2)12-16-9-7-15(8-10-16)6-5-11-17-14(3)4/h7-10,13-14,17H,5-6,11-12H2,1-4H3. The zero-order chi connectivity index (χ0) is 12.7. The Balaban J connectivity index is 2.30. The molecule has 1 rings (SSSR count). The number of hydrogen-bond acceptors (Lipinski definition) is 1. The van der Waals surface area contributed by atoms with Crippen LogP contribution >= 0.6 is 0 Å². The topological polar surface area (TPSA) is 12.0 Å². The summed E-state index contributed by atoms with van der Waals surface area (Å²) in [6.45, 7) is 10.0. The molecule has 0 saturated heterocycles. The molecule has 0 bridgehead atoms. The van der Waals surface area contributed by atoms with Crippen molar-refractivity contribution < 1.29 is 0 Å². The van der Waals surface area contributed by atoms with Crippen LogP contribution < -0.4 is 5.32 Å². The first kappa shape index (κ1) is 14.2. The summed E-state index contributed by atoms with van der Waals surface area (Å²) >= 11 is 0. The van der Waals surface area contributed by atoms with Crippen LogP contribution in [0, 0.1) is 5.92 Å². The van der Waals surface area contributed by atoms with Crippen molar-refractivity contribution in [3.8, 4) is 0 Å². The summed E-state index contributed by atoms with van der Waals surface area (Å²) in [6, 6.07) is 9.74. The molecule has 17 heavy (non-hydrogen) atoms. The molecule has 0 aliphatic rings. The summed E-state index contributed by atoms with van der Waals surface area (Å²) in [7, 11) is 0. The normalized spacial score (nSPS) is 11.4. The molecule has 0 saturated carbocycles. The zero-order valence-electron chi connectivity index (χ0n) is 11.8. The van der Waals surface area contributed by atoms with Crippen molar-refractivity contribution in [2.45, 2.75) is 53.0 Å². The van der Waals surface area contributed by atoms with Crippen LogP contribution in [-0.2, 0) is 12.8 Å². The molecular weight excluding hydrogens is 206 g/mol. The van der Waals surface area contributed by atoms with E-state index in [2.05, 4.69) is 57.3 Å². The van der Waals surface area contributed by atoms with Gasteiger partial charge in [0.05, 0.1) is 0 Å². The third kappa shape index (κ3) is 6.48. The van der Waals surface area contributed by atoms with Gasteiger partial charge in [-0.15, -0.1) is 0 Å². The highest BCUT2D eigenvalue weighted by Gasteiger charge is 1.99. The summed E-state index contributed by atoms with van der Waals surface area (Å²) in [4.78, 5) is 0. The quantitative estimate of drug-likeness (QED) is 0.706. The highest BCUT2D eigenvalue weighted by molar-refractivity contribution is 5.22. The van der Waals surface area contributed by atoms with Crippen molar-refractivity contribution in [1.29, 1.82) is 0 Å². The summed E-state index contributed by atoms with van der Waals surface area (Å²) in [5.41, 5.74) is 2.92. The molecular formula is C16H27N. The van der Waals surface area contributed by atoms with Gasteiger partial charge in [-0.3, -0.25) is 0 Å². The molecule has 1 aromatic carbocycles. The minimum absolute atomic E-state index is 0.600. The van der Waals surface area contributed by atoms with E-state index in [9.17, 15) is 0 Å². The molecule has 0 aliphatic heterocycles. The molecule has 0 aromatic heterocycles. The number of nitrogens with one attached hydrogen (secondary N) is 1. The molecule has 1 heteroatoms. The Morgan fingerprint density at radius 2 is 1.53 bits per heavy atom. The molecule has 1 nitrogen and oxygen atoms in total. The van der Waals surface area contributed by atoms with Crippen LogP contribution in [0.15, 0.2) is 24.3 Å². The van der Waals surface area contributed by atoms with E-state index in [0.29, 0.717) is 6.04 Å². The van der Waals surface area contributed by atoms with Gasteiger partial charge in [0, 0.05) is 6.04 Å². The second-order valence-corrected chi connectivity index (χ2v) is 5.63. The lowest BCUT2D eigenvalue weighted by Gasteiger charge is -2.08. The van der Waals surface area contributed by atoms with Crippen molar-refractivity contribution in [3.05, 3.63) is 35.4 Å². The molecule has 96 valence electrons. The average Bonchev–Trinajstić information content (AvgIpc) is 2.25. The third-order valence-electron chi connectivity index (χ3n) is 2.86. The second-order valence-electron chi connectivity index (χ2n) is 5.63. The Morgan fingerprint density at radius 3 is 2.06 bits per heavy atom. The van der Waals surface area contributed by atoms with Crippen molar-refractivity contribution in [3.63, 3.8) is 0 Å². The average molecular weight is 233 g/mol. The maximum absolute atomic E-state index is 3.45. The first-order chi connectivity index (χ1) is 8.08. The Kier molecular flexibility index (Phi) is 6.28. The van der Waals surface area contributed by atoms with Crippen LogP contribution in [0.5, 0.6) is 0 Å². The highest BCUT2D eigenvalue weighted by Crippen LogP contribution is 2.10. The van der Waals surface area contributed by atoms with Gasteiger partial charge < -0.3 is 5.32 Å². The van der Waals surface area contributed by atoms with E-state index in [-0.39, 0.29) is 0 Å². The van der Waals surface area contributed by atoms with Crippen LogP contribution in [0.4, 0.5) is 0 Å². The molecule has 0 unspecified atom stereocenters. The SMILES string of the molecule is CC(C)Cc1ccc(CCCNC(C)C)cc1. The highest BCUT2D eigenvalue weighted by atomic mass is 14.9. The van der Waals surface area contributed by atoms with E-state index in [1.54, 1.807) is 0 Å². The van der Waals surface area contributed by atoms with Gasteiger partial charge in [0.1, 0.15) is 0 Å². The fourth-order valence-corrected chi connectivity index (χ4v) is 2.00. The van der Waals surface area contributed by atoms with E-state index < -0.39 is 0 Å². The third-order valence-corrected chi connectivity index (χ3v) is 2.86. The molecule has 0 atom stereocenters. The number of aryl methyl sites for hydroxylation is 1. The number of hydrogen-bond donors (Lipinski definition) is 1. The van der Waals surface area contributed by atoms with Gasteiger partial charge in [0.25, 0.3) is 0 Å². The lowest BCUT2D eigenvalue weighted by atomic mass is 10.0. The number of benzene rings is 1. The fourth-order valence-electron chi connectivity index (χ4n) is 2.00. The van der Waals surface area contributed by atoms with Gasteiger partial charge in [-0.2, -0.15) is 0 Å². The number of rotatable bonds is 7. The second kappa shape index (κ2) is 7.50. The van der Waals surface area contributed by atoms with Gasteiger partial charge >= 0.3 is 0 Å². The monoisotopic (exact) mass is 233 g/mol.